The van der Waals surface area contributed by atoms with Gasteiger partial charge in [0.15, 0.2) is 0 Å². The fourth-order valence-electron chi connectivity index (χ4n) is 1.13. The molecular formula is C11H24N2O3. The molecule has 1 amide bonds. The Hall–Kier alpha value is -0.650. The van der Waals surface area contributed by atoms with Gasteiger partial charge in [-0.3, -0.25) is 4.79 Å². The Bertz CT molecular complexity index is 177. The molecule has 0 aromatic heterocycles. The van der Waals surface area contributed by atoms with Gasteiger partial charge in [-0.2, -0.15) is 0 Å². The predicted octanol–water partition coefficient (Wildman–Crippen LogP) is 0.849. The van der Waals surface area contributed by atoms with E-state index in [0.717, 1.165) is 19.4 Å². The molecule has 0 spiro atoms. The Morgan fingerprint density at radius 3 is 2.56 bits per heavy atom. The van der Waals surface area contributed by atoms with E-state index in [0.29, 0.717) is 19.8 Å². The third kappa shape index (κ3) is 8.64. The van der Waals surface area contributed by atoms with Crippen LogP contribution in [0.2, 0.25) is 0 Å². The third-order valence-electron chi connectivity index (χ3n) is 2.04. The van der Waals surface area contributed by atoms with Gasteiger partial charge in [0, 0.05) is 0 Å². The van der Waals surface area contributed by atoms with Gasteiger partial charge >= 0.3 is 0 Å². The van der Waals surface area contributed by atoms with E-state index in [-0.39, 0.29) is 11.9 Å². The molecule has 0 rings (SSSR count). The normalized spacial score (nSPS) is 12.4. The van der Waals surface area contributed by atoms with Crippen molar-refractivity contribution in [3.05, 3.63) is 0 Å². The number of rotatable bonds is 10. The molecule has 0 fully saturated rings. The Labute approximate surface area is 97.8 Å². The summed E-state index contributed by atoms with van der Waals surface area (Å²) in [7, 11) is 0. The van der Waals surface area contributed by atoms with E-state index in [1.54, 1.807) is 0 Å². The summed E-state index contributed by atoms with van der Waals surface area (Å²) < 4.78 is 0. The Kier molecular flexibility index (Phi) is 10.4. The lowest BCUT2D eigenvalue weighted by molar-refractivity contribution is -0.294. The smallest absolute Gasteiger partial charge is 0.234 e. The number of carbonyl (C=O) groups excluding carboxylic acids is 1. The second kappa shape index (κ2) is 10.9. The topological polar surface area (TPSA) is 59.6 Å². The van der Waals surface area contributed by atoms with Crippen molar-refractivity contribution in [2.45, 2.75) is 39.7 Å². The van der Waals surface area contributed by atoms with E-state index in [1.165, 1.54) is 0 Å². The summed E-state index contributed by atoms with van der Waals surface area (Å²) in [4.78, 5) is 21.2. The van der Waals surface area contributed by atoms with Gasteiger partial charge in [0.05, 0.1) is 19.2 Å². The second-order valence-electron chi connectivity index (χ2n) is 3.54. The maximum Gasteiger partial charge on any atom is 0.234 e. The van der Waals surface area contributed by atoms with E-state index < -0.39 is 0 Å². The maximum absolute atomic E-state index is 11.4. The van der Waals surface area contributed by atoms with E-state index in [2.05, 4.69) is 17.6 Å². The van der Waals surface area contributed by atoms with Crippen LogP contribution in [0.15, 0.2) is 0 Å². The molecule has 0 aliphatic carbocycles. The van der Waals surface area contributed by atoms with Crippen molar-refractivity contribution in [3.8, 4) is 0 Å². The molecule has 2 N–H and O–H groups in total. The van der Waals surface area contributed by atoms with Crippen LogP contribution in [0.3, 0.4) is 0 Å². The van der Waals surface area contributed by atoms with Crippen LogP contribution in [0.4, 0.5) is 0 Å². The summed E-state index contributed by atoms with van der Waals surface area (Å²) in [6.07, 6.45) is 1.85. The Morgan fingerprint density at radius 2 is 2.00 bits per heavy atom. The van der Waals surface area contributed by atoms with Gasteiger partial charge in [0.25, 0.3) is 0 Å². The van der Waals surface area contributed by atoms with Crippen LogP contribution in [0.1, 0.15) is 33.6 Å². The quantitative estimate of drug-likeness (QED) is 0.333. The molecule has 0 aromatic rings. The average molecular weight is 232 g/mol. The number of carbonyl (C=O) groups is 1. The lowest BCUT2D eigenvalue weighted by Gasteiger charge is -2.16. The van der Waals surface area contributed by atoms with Crippen molar-refractivity contribution < 1.29 is 14.6 Å². The zero-order valence-corrected chi connectivity index (χ0v) is 10.5. The average Bonchev–Trinajstić information content (AvgIpc) is 2.28. The first-order valence-electron chi connectivity index (χ1n) is 5.99. The summed E-state index contributed by atoms with van der Waals surface area (Å²) >= 11 is 0. The molecule has 5 heteroatoms. The van der Waals surface area contributed by atoms with Crippen molar-refractivity contribution in [1.29, 1.82) is 0 Å². The second-order valence-corrected chi connectivity index (χ2v) is 3.54. The highest BCUT2D eigenvalue weighted by molar-refractivity contribution is 5.78. The van der Waals surface area contributed by atoms with Crippen LogP contribution >= 0.6 is 0 Å². The summed E-state index contributed by atoms with van der Waals surface area (Å²) in [6.45, 7) is 8.05. The van der Waals surface area contributed by atoms with Gasteiger partial charge in [-0.25, -0.2) is 9.78 Å². The molecule has 0 saturated carbocycles. The number of hydrogen-bond donors (Lipinski definition) is 2. The molecule has 96 valence electrons. The molecule has 0 bridgehead atoms. The molecule has 16 heavy (non-hydrogen) atoms. The van der Waals surface area contributed by atoms with Gasteiger partial charge < -0.3 is 10.6 Å². The van der Waals surface area contributed by atoms with E-state index in [4.69, 9.17) is 9.78 Å². The molecule has 5 nitrogen and oxygen atoms in total. The third-order valence-corrected chi connectivity index (χ3v) is 2.04. The van der Waals surface area contributed by atoms with Gasteiger partial charge in [0.1, 0.15) is 6.61 Å². The van der Waals surface area contributed by atoms with Crippen molar-refractivity contribution >= 4 is 5.91 Å². The zero-order chi connectivity index (χ0) is 12.2. The minimum atomic E-state index is 0.000369. The highest BCUT2D eigenvalue weighted by Crippen LogP contribution is 1.92. The lowest BCUT2D eigenvalue weighted by Crippen LogP contribution is -2.42. The summed E-state index contributed by atoms with van der Waals surface area (Å²) in [5.74, 6) is 0.000369. The first kappa shape index (κ1) is 15.3. The fraction of sp³-hybridized carbons (Fsp3) is 0.909. The molecule has 0 aromatic carbocycles. The lowest BCUT2D eigenvalue weighted by atomic mass is 10.2. The number of nitrogens with one attached hydrogen (secondary N) is 2. The Balaban J connectivity index is 3.61. The molecule has 0 aliphatic heterocycles. The summed E-state index contributed by atoms with van der Waals surface area (Å²) in [5, 5.41) is 5.93. The standard InChI is InChI=1S/C11H24N2O3/c1-4-7-12-8-11(14)13-10(5-2)9-16-15-6-3/h10,12H,4-9H2,1-3H3,(H,13,14). The SMILES string of the molecule is CCCNCC(=O)NC(CC)COOCC. The monoisotopic (exact) mass is 232 g/mol. The molecule has 1 unspecified atom stereocenters. The van der Waals surface area contributed by atoms with Crippen LogP contribution in [0, 0.1) is 0 Å². The molecular weight excluding hydrogens is 208 g/mol. The first-order valence-corrected chi connectivity index (χ1v) is 5.99. The molecule has 0 radical (unpaired) electrons. The van der Waals surface area contributed by atoms with Crippen LogP contribution in [-0.2, 0) is 14.6 Å². The highest BCUT2D eigenvalue weighted by Gasteiger charge is 2.10. The van der Waals surface area contributed by atoms with E-state index in [1.807, 2.05) is 13.8 Å². The van der Waals surface area contributed by atoms with Gasteiger partial charge in [0.2, 0.25) is 5.91 Å². The minimum absolute atomic E-state index is 0.000369. The molecule has 1 atom stereocenters. The van der Waals surface area contributed by atoms with Crippen molar-refractivity contribution in [2.75, 3.05) is 26.3 Å². The van der Waals surface area contributed by atoms with Crippen molar-refractivity contribution in [1.82, 2.24) is 10.6 Å². The molecule has 0 heterocycles. The first-order chi connectivity index (χ1) is 7.74. The fourth-order valence-corrected chi connectivity index (χ4v) is 1.13. The maximum atomic E-state index is 11.4. The van der Waals surface area contributed by atoms with Crippen LogP contribution in [0.5, 0.6) is 0 Å². The van der Waals surface area contributed by atoms with Crippen LogP contribution < -0.4 is 10.6 Å². The molecule has 0 saturated heterocycles. The van der Waals surface area contributed by atoms with Crippen molar-refractivity contribution in [3.63, 3.8) is 0 Å². The van der Waals surface area contributed by atoms with E-state index >= 15 is 0 Å². The van der Waals surface area contributed by atoms with Gasteiger partial charge in [-0.15, -0.1) is 0 Å². The summed E-state index contributed by atoms with van der Waals surface area (Å²) in [5.41, 5.74) is 0. The number of amides is 1. The van der Waals surface area contributed by atoms with Gasteiger partial charge in [-0.05, 0) is 26.3 Å². The summed E-state index contributed by atoms with van der Waals surface area (Å²) in [6, 6.07) is 0.0162. The van der Waals surface area contributed by atoms with Gasteiger partial charge in [-0.1, -0.05) is 13.8 Å². The van der Waals surface area contributed by atoms with Crippen molar-refractivity contribution in [2.24, 2.45) is 0 Å². The molecule has 0 aliphatic rings. The largest absolute Gasteiger partial charge is 0.350 e. The Morgan fingerprint density at radius 1 is 1.25 bits per heavy atom. The highest BCUT2D eigenvalue weighted by atomic mass is 17.2. The number of hydrogen-bond acceptors (Lipinski definition) is 4. The zero-order valence-electron chi connectivity index (χ0n) is 10.5. The van der Waals surface area contributed by atoms with Crippen LogP contribution in [-0.4, -0.2) is 38.3 Å². The predicted molar refractivity (Wildman–Crippen MR) is 63.0 cm³/mol. The van der Waals surface area contributed by atoms with Crippen LogP contribution in [0.25, 0.3) is 0 Å². The minimum Gasteiger partial charge on any atom is -0.350 e. The van der Waals surface area contributed by atoms with E-state index in [9.17, 15) is 4.79 Å².